The van der Waals surface area contributed by atoms with Crippen molar-refractivity contribution < 1.29 is 4.74 Å². The highest BCUT2D eigenvalue weighted by atomic mass is 35.5. The van der Waals surface area contributed by atoms with Gasteiger partial charge in [-0.2, -0.15) is 0 Å². The molecule has 0 bridgehead atoms. The lowest BCUT2D eigenvalue weighted by Gasteiger charge is -2.08. The van der Waals surface area contributed by atoms with E-state index in [4.69, 9.17) is 39.5 Å². The summed E-state index contributed by atoms with van der Waals surface area (Å²) in [7, 11) is 0. The first-order valence-electron chi connectivity index (χ1n) is 5.67. The quantitative estimate of drug-likeness (QED) is 0.771. The number of rotatable bonds is 4. The first-order chi connectivity index (χ1) is 9.11. The molecule has 0 spiro atoms. The van der Waals surface area contributed by atoms with Gasteiger partial charge in [0, 0.05) is 11.6 Å². The smallest absolute Gasteiger partial charge is 0.157 e. The van der Waals surface area contributed by atoms with Gasteiger partial charge in [0.05, 0.1) is 5.56 Å². The third-order valence-electron chi connectivity index (χ3n) is 2.44. The van der Waals surface area contributed by atoms with Crippen molar-refractivity contribution >= 4 is 34.8 Å². The lowest BCUT2D eigenvalue weighted by Crippen LogP contribution is -2.01. The molecule has 1 aromatic heterocycles. The van der Waals surface area contributed by atoms with Crippen LogP contribution in [0.5, 0.6) is 0 Å². The fourth-order valence-electron chi connectivity index (χ4n) is 1.56. The second-order valence-corrected chi connectivity index (χ2v) is 4.89. The van der Waals surface area contributed by atoms with Crippen molar-refractivity contribution in [1.82, 2.24) is 9.97 Å². The summed E-state index contributed by atoms with van der Waals surface area (Å²) in [5.41, 5.74) is 1.42. The predicted octanol–water partition coefficient (Wildman–Crippen LogP) is 4.64. The molecule has 0 aliphatic heterocycles. The van der Waals surface area contributed by atoms with Crippen LogP contribution in [0, 0.1) is 0 Å². The molecule has 0 saturated carbocycles. The van der Waals surface area contributed by atoms with Gasteiger partial charge in [0.2, 0.25) is 0 Å². The number of nitrogens with zero attached hydrogens (tertiary/aromatic N) is 2. The third kappa shape index (κ3) is 3.57. The SMILES string of the molecule is CCOCc1nc(Cl)c(-c2ccc(Cl)cc2)c(Cl)n1. The van der Waals surface area contributed by atoms with Crippen LogP contribution in [0.15, 0.2) is 24.3 Å². The molecule has 0 saturated heterocycles. The van der Waals surface area contributed by atoms with Gasteiger partial charge in [-0.3, -0.25) is 0 Å². The number of ether oxygens (including phenoxy) is 1. The van der Waals surface area contributed by atoms with Gasteiger partial charge in [-0.05, 0) is 24.6 Å². The number of aromatic nitrogens is 2. The Morgan fingerprint density at radius 2 is 1.58 bits per heavy atom. The van der Waals surface area contributed by atoms with Crippen LogP contribution in [0.25, 0.3) is 11.1 Å². The van der Waals surface area contributed by atoms with Gasteiger partial charge in [0.1, 0.15) is 16.9 Å². The van der Waals surface area contributed by atoms with E-state index in [1.54, 1.807) is 12.1 Å². The zero-order chi connectivity index (χ0) is 13.8. The molecule has 0 radical (unpaired) electrons. The van der Waals surface area contributed by atoms with Gasteiger partial charge >= 0.3 is 0 Å². The molecule has 3 nitrogen and oxygen atoms in total. The Balaban J connectivity index is 2.38. The summed E-state index contributed by atoms with van der Waals surface area (Å²) in [6.45, 7) is 2.76. The van der Waals surface area contributed by atoms with E-state index in [0.29, 0.717) is 33.3 Å². The van der Waals surface area contributed by atoms with Crippen LogP contribution in [-0.4, -0.2) is 16.6 Å². The Hall–Kier alpha value is -0.870. The van der Waals surface area contributed by atoms with Gasteiger partial charge in [-0.25, -0.2) is 9.97 Å². The molecule has 0 aliphatic carbocycles. The molecule has 100 valence electrons. The first-order valence-corrected chi connectivity index (χ1v) is 6.80. The summed E-state index contributed by atoms with van der Waals surface area (Å²) in [6.07, 6.45) is 0. The molecule has 0 atom stereocenters. The molecule has 0 fully saturated rings. The predicted molar refractivity (Wildman–Crippen MR) is 77.8 cm³/mol. The summed E-state index contributed by atoms with van der Waals surface area (Å²) in [5.74, 6) is 0.467. The normalized spacial score (nSPS) is 10.7. The molecule has 19 heavy (non-hydrogen) atoms. The summed E-state index contributed by atoms with van der Waals surface area (Å²) >= 11 is 18.2. The minimum absolute atomic E-state index is 0.289. The topological polar surface area (TPSA) is 35.0 Å². The molecule has 1 aromatic carbocycles. The van der Waals surface area contributed by atoms with Gasteiger partial charge < -0.3 is 4.74 Å². The molecule has 0 N–H and O–H groups in total. The number of benzene rings is 1. The van der Waals surface area contributed by atoms with Gasteiger partial charge in [0.15, 0.2) is 5.82 Å². The number of halogens is 3. The average molecular weight is 318 g/mol. The van der Waals surface area contributed by atoms with Crippen LogP contribution in [0.1, 0.15) is 12.7 Å². The van der Waals surface area contributed by atoms with Gasteiger partial charge in [0.25, 0.3) is 0 Å². The summed E-state index contributed by atoms with van der Waals surface area (Å²) in [5, 5.41) is 1.25. The molecule has 0 amide bonds. The lowest BCUT2D eigenvalue weighted by molar-refractivity contribution is 0.128. The zero-order valence-electron chi connectivity index (χ0n) is 10.2. The summed E-state index contributed by atoms with van der Waals surface area (Å²) in [4.78, 5) is 8.36. The van der Waals surface area contributed by atoms with E-state index in [0.717, 1.165) is 5.56 Å². The fraction of sp³-hybridized carbons (Fsp3) is 0.231. The van der Waals surface area contributed by atoms with Gasteiger partial charge in [-0.15, -0.1) is 0 Å². The monoisotopic (exact) mass is 316 g/mol. The molecule has 2 rings (SSSR count). The molecule has 0 unspecified atom stereocenters. The van der Waals surface area contributed by atoms with E-state index >= 15 is 0 Å². The Labute approximate surface area is 126 Å². The van der Waals surface area contributed by atoms with Crippen molar-refractivity contribution in [3.63, 3.8) is 0 Å². The van der Waals surface area contributed by atoms with E-state index in [2.05, 4.69) is 9.97 Å². The van der Waals surface area contributed by atoms with E-state index < -0.39 is 0 Å². The number of hydrogen-bond donors (Lipinski definition) is 0. The second kappa shape index (κ2) is 6.53. The van der Waals surface area contributed by atoms with Crippen LogP contribution >= 0.6 is 34.8 Å². The van der Waals surface area contributed by atoms with E-state index in [-0.39, 0.29) is 6.61 Å². The highest BCUT2D eigenvalue weighted by Gasteiger charge is 2.13. The number of hydrogen-bond acceptors (Lipinski definition) is 3. The van der Waals surface area contributed by atoms with Crippen molar-refractivity contribution in [2.45, 2.75) is 13.5 Å². The van der Waals surface area contributed by atoms with Crippen LogP contribution < -0.4 is 0 Å². The van der Waals surface area contributed by atoms with E-state index in [1.807, 2.05) is 19.1 Å². The van der Waals surface area contributed by atoms with Gasteiger partial charge in [-0.1, -0.05) is 46.9 Å². The Morgan fingerprint density at radius 1 is 1.00 bits per heavy atom. The summed E-state index contributed by atoms with van der Waals surface area (Å²) < 4.78 is 5.23. The minimum atomic E-state index is 0.289. The third-order valence-corrected chi connectivity index (χ3v) is 3.23. The molecule has 2 aromatic rings. The van der Waals surface area contributed by atoms with Crippen molar-refractivity contribution in [3.05, 3.63) is 45.4 Å². The van der Waals surface area contributed by atoms with E-state index in [1.165, 1.54) is 0 Å². The van der Waals surface area contributed by atoms with Crippen molar-refractivity contribution in [3.8, 4) is 11.1 Å². The molecular formula is C13H11Cl3N2O. The van der Waals surface area contributed by atoms with Crippen LogP contribution in [-0.2, 0) is 11.3 Å². The van der Waals surface area contributed by atoms with Crippen LogP contribution in [0.3, 0.4) is 0 Å². The lowest BCUT2D eigenvalue weighted by atomic mass is 10.1. The maximum absolute atomic E-state index is 6.16. The largest absolute Gasteiger partial charge is 0.374 e. The molecule has 0 aliphatic rings. The van der Waals surface area contributed by atoms with E-state index in [9.17, 15) is 0 Å². The zero-order valence-corrected chi connectivity index (χ0v) is 12.4. The van der Waals surface area contributed by atoms with Crippen LogP contribution in [0.2, 0.25) is 15.3 Å². The average Bonchev–Trinajstić information content (AvgIpc) is 2.38. The maximum atomic E-state index is 6.16. The Morgan fingerprint density at radius 3 is 2.11 bits per heavy atom. The maximum Gasteiger partial charge on any atom is 0.157 e. The standard InChI is InChI=1S/C13H11Cl3N2O/c1-2-19-7-10-17-12(15)11(13(16)18-10)8-3-5-9(14)6-4-8/h3-6H,2,7H2,1H3. The highest BCUT2D eigenvalue weighted by Crippen LogP contribution is 2.32. The first kappa shape index (κ1) is 14.5. The molecule has 6 heteroatoms. The van der Waals surface area contributed by atoms with Crippen molar-refractivity contribution in [2.24, 2.45) is 0 Å². The Kier molecular flexibility index (Phi) is 4.99. The minimum Gasteiger partial charge on any atom is -0.374 e. The van der Waals surface area contributed by atoms with Crippen LogP contribution in [0.4, 0.5) is 0 Å². The second-order valence-electron chi connectivity index (χ2n) is 3.74. The molecule has 1 heterocycles. The van der Waals surface area contributed by atoms with Crippen molar-refractivity contribution in [1.29, 1.82) is 0 Å². The Bertz CT molecular complexity index is 550. The molecular weight excluding hydrogens is 307 g/mol. The summed E-state index contributed by atoms with van der Waals surface area (Å²) in [6, 6.07) is 7.16. The highest BCUT2D eigenvalue weighted by molar-refractivity contribution is 6.37. The fourth-order valence-corrected chi connectivity index (χ4v) is 2.33. The van der Waals surface area contributed by atoms with Crippen molar-refractivity contribution in [2.75, 3.05) is 6.61 Å².